The zero-order valence-electron chi connectivity index (χ0n) is 30.7. The average Bonchev–Trinajstić information content (AvgIpc) is 3.99. The van der Waals surface area contributed by atoms with E-state index in [0.717, 1.165) is 28.5 Å². The molecule has 0 aliphatic rings. The summed E-state index contributed by atoms with van der Waals surface area (Å²) in [7, 11) is -4.11. The maximum absolute atomic E-state index is 14.5. The van der Waals surface area contributed by atoms with Gasteiger partial charge in [-0.15, -0.1) is 22.7 Å². The van der Waals surface area contributed by atoms with Crippen LogP contribution in [-0.4, -0.2) is 84.5 Å². The highest BCUT2D eigenvalue weighted by atomic mass is 32.2. The minimum absolute atomic E-state index is 0.0470. The Hall–Kier alpha value is -4.95. The van der Waals surface area contributed by atoms with Crippen molar-refractivity contribution >= 4 is 59.0 Å². The molecular weight excluding hydrogens is 795 g/mol. The van der Waals surface area contributed by atoms with E-state index in [0.29, 0.717) is 15.3 Å². The van der Waals surface area contributed by atoms with Gasteiger partial charge in [0.25, 0.3) is 0 Å². The molecule has 18 heteroatoms. The third-order valence-electron chi connectivity index (χ3n) is 9.02. The molecule has 0 radical (unpaired) electrons. The first kappa shape index (κ1) is 40.7. The molecule has 294 valence electrons. The van der Waals surface area contributed by atoms with Crippen LogP contribution in [0, 0.1) is 0 Å². The van der Waals surface area contributed by atoms with Gasteiger partial charge in [-0.05, 0) is 48.0 Å². The highest BCUT2D eigenvalue weighted by Gasteiger charge is 2.35. The van der Waals surface area contributed by atoms with Gasteiger partial charge in [-0.25, -0.2) is 13.4 Å². The molecule has 6 rings (SSSR count). The maximum Gasteiger partial charge on any atom is 0.322 e. The van der Waals surface area contributed by atoms with Gasteiger partial charge < -0.3 is 20.5 Å². The number of carbonyl (C=O) groups excluding carboxylic acids is 1. The number of aliphatic hydroxyl groups is 1. The van der Waals surface area contributed by atoms with E-state index in [4.69, 9.17) is 4.74 Å². The maximum atomic E-state index is 14.5. The topological polar surface area (TPSA) is 176 Å². The predicted octanol–water partition coefficient (Wildman–Crippen LogP) is 4.66. The Morgan fingerprint density at radius 1 is 0.982 bits per heavy atom. The summed E-state index contributed by atoms with van der Waals surface area (Å²) >= 11 is 2.60. The van der Waals surface area contributed by atoms with Gasteiger partial charge in [-0.1, -0.05) is 60.7 Å². The van der Waals surface area contributed by atoms with Crippen molar-refractivity contribution < 1.29 is 31.5 Å². The molecule has 6 aromatic rings. The zero-order valence-corrected chi connectivity index (χ0v) is 34.0. The fourth-order valence-corrected chi connectivity index (χ4v) is 10.3. The van der Waals surface area contributed by atoms with Crippen molar-refractivity contribution in [1.29, 1.82) is 0 Å². The largest absolute Gasteiger partial charge is 0.483 e. The number of hydrogen-bond acceptors (Lipinski definition) is 12. The number of aromatic nitrogens is 3. The number of carbonyl (C=O) groups is 1. The van der Waals surface area contributed by atoms with Gasteiger partial charge in [-0.3, -0.25) is 4.79 Å². The number of aliphatic hydroxyl groups excluding tert-OH is 1. The smallest absolute Gasteiger partial charge is 0.322 e. The molecule has 0 aliphatic heterocycles. The normalized spacial score (nSPS) is 13.3. The summed E-state index contributed by atoms with van der Waals surface area (Å²) in [4.78, 5) is 19.5. The van der Waals surface area contributed by atoms with Crippen molar-refractivity contribution in [3.63, 3.8) is 0 Å². The van der Waals surface area contributed by atoms with Gasteiger partial charge in [0, 0.05) is 48.1 Å². The molecule has 56 heavy (non-hydrogen) atoms. The molecule has 3 heterocycles. The number of rotatable bonds is 18. The van der Waals surface area contributed by atoms with Crippen molar-refractivity contribution in [2.45, 2.75) is 36.0 Å². The van der Waals surface area contributed by atoms with Crippen molar-refractivity contribution in [3.8, 4) is 0 Å². The molecule has 0 saturated heterocycles. The Bertz CT molecular complexity index is 2460. The van der Waals surface area contributed by atoms with E-state index in [1.807, 2.05) is 60.7 Å². The Morgan fingerprint density at radius 3 is 2.29 bits per heavy atom. The van der Waals surface area contributed by atoms with Crippen LogP contribution in [0.2, 0.25) is 0 Å². The monoisotopic (exact) mass is 835 g/mol. The Kier molecular flexibility index (Phi) is 12.7. The SMILES string of the molecule is C=C(N[C@H](C(=O)NCc1ccc(C(CO)N(Cc2cnn(S(=O)(=O)N(C)C)c2)S(=O)(=O)c2ccc3scnc3c2)s1)C(c1ccccc1)c1ccccc1)OC. The summed E-state index contributed by atoms with van der Waals surface area (Å²) in [6.45, 7) is 3.09. The lowest BCUT2D eigenvalue weighted by Crippen LogP contribution is -2.47. The highest BCUT2D eigenvalue weighted by molar-refractivity contribution is 7.89. The van der Waals surface area contributed by atoms with Crippen molar-refractivity contribution in [2.24, 2.45) is 0 Å². The molecule has 1 unspecified atom stereocenters. The molecule has 0 aliphatic carbocycles. The van der Waals surface area contributed by atoms with E-state index in [1.165, 1.54) is 68.4 Å². The number of amides is 1. The Labute approximate surface area is 333 Å². The van der Waals surface area contributed by atoms with Crippen LogP contribution in [0.5, 0.6) is 0 Å². The van der Waals surface area contributed by atoms with Crippen LogP contribution < -0.4 is 10.6 Å². The number of thiazole rings is 1. The molecule has 2 atom stereocenters. The van der Waals surface area contributed by atoms with Gasteiger partial charge in [0.2, 0.25) is 15.9 Å². The molecule has 0 bridgehead atoms. The van der Waals surface area contributed by atoms with Crippen LogP contribution in [0.25, 0.3) is 10.2 Å². The van der Waals surface area contributed by atoms with Gasteiger partial charge >= 0.3 is 10.2 Å². The molecule has 3 aromatic carbocycles. The van der Waals surface area contributed by atoms with E-state index in [2.05, 4.69) is 27.3 Å². The number of methoxy groups -OCH3 is 1. The molecule has 0 fully saturated rings. The van der Waals surface area contributed by atoms with Crippen molar-refractivity contribution in [1.82, 2.24) is 33.4 Å². The molecule has 3 aromatic heterocycles. The average molecular weight is 836 g/mol. The molecule has 1 amide bonds. The predicted molar refractivity (Wildman–Crippen MR) is 216 cm³/mol. The molecule has 0 spiro atoms. The summed E-state index contributed by atoms with van der Waals surface area (Å²) in [5, 5.41) is 21.0. The number of ether oxygens (including phenoxy) is 1. The summed E-state index contributed by atoms with van der Waals surface area (Å²) in [5.41, 5.74) is 4.20. The van der Waals surface area contributed by atoms with Crippen LogP contribution in [0.15, 0.2) is 126 Å². The van der Waals surface area contributed by atoms with Gasteiger partial charge in [0.1, 0.15) is 6.04 Å². The number of nitrogens with one attached hydrogen (secondary N) is 2. The summed E-state index contributed by atoms with van der Waals surface area (Å²) < 4.78 is 63.5. The fraction of sp³-hybridized carbons (Fsp3) is 0.237. The first-order chi connectivity index (χ1) is 26.8. The van der Waals surface area contributed by atoms with Crippen LogP contribution in [0.3, 0.4) is 0 Å². The minimum atomic E-state index is -4.33. The summed E-state index contributed by atoms with van der Waals surface area (Å²) in [5.74, 6) is -0.534. The lowest BCUT2D eigenvalue weighted by Gasteiger charge is -2.29. The second-order valence-electron chi connectivity index (χ2n) is 12.8. The van der Waals surface area contributed by atoms with Gasteiger partial charge in [-0.2, -0.15) is 26.2 Å². The third-order valence-corrected chi connectivity index (χ3v) is 14.5. The molecular formula is C38H41N7O7S4. The standard InChI is InChI=1S/C38H41N7O7S4/c1-26(52-4)42-37(36(28-11-7-5-8-12-28)29-13-9-6-10-14-29)38(47)39-21-30-15-17-35(54-30)33(24-46)44(22-27-20-41-45(23-27)56(50,51)43(2)3)55(48,49)31-16-18-34-32(19-31)40-25-53-34/h5-20,23,25,33,36-37,42,46H,1,21-22,24H2,2-4H3,(H,39,47)/t33?,37-/m0/s1. The number of thiophene rings is 1. The van der Waals surface area contributed by atoms with Crippen LogP contribution in [0.1, 0.15) is 38.4 Å². The zero-order chi connectivity index (χ0) is 40.0. The van der Waals surface area contributed by atoms with Gasteiger partial charge in [0.05, 0.1) is 53.1 Å². The first-order valence-electron chi connectivity index (χ1n) is 17.2. The molecule has 3 N–H and O–H groups in total. The van der Waals surface area contributed by atoms with Crippen LogP contribution in [-0.2, 0) is 42.9 Å². The molecule has 0 saturated carbocycles. The quantitative estimate of drug-likeness (QED) is 0.103. The highest BCUT2D eigenvalue weighted by Crippen LogP contribution is 2.35. The van der Waals surface area contributed by atoms with Gasteiger partial charge in [0.15, 0.2) is 5.88 Å². The number of sulfonamides is 1. The number of hydrogen-bond donors (Lipinski definition) is 3. The lowest BCUT2D eigenvalue weighted by molar-refractivity contribution is -0.123. The first-order valence-corrected chi connectivity index (χ1v) is 21.7. The summed E-state index contributed by atoms with van der Waals surface area (Å²) in [6, 6.07) is 25.5. The number of benzene rings is 3. The Morgan fingerprint density at radius 2 is 1.66 bits per heavy atom. The van der Waals surface area contributed by atoms with Crippen molar-refractivity contribution in [2.75, 3.05) is 27.8 Å². The molecule has 14 nitrogen and oxygen atoms in total. The van der Waals surface area contributed by atoms with E-state index >= 15 is 0 Å². The van der Waals surface area contributed by atoms with Crippen LogP contribution >= 0.6 is 22.7 Å². The fourth-order valence-electron chi connectivity index (χ4n) is 6.10. The number of nitrogens with zero attached hydrogens (tertiary/aromatic N) is 5. The second-order valence-corrected chi connectivity index (χ2v) is 18.8. The lowest BCUT2D eigenvalue weighted by atomic mass is 9.84. The minimum Gasteiger partial charge on any atom is -0.483 e. The van der Waals surface area contributed by atoms with Crippen LogP contribution in [0.4, 0.5) is 0 Å². The number of fused-ring (bicyclic) bond motifs is 1. The van der Waals surface area contributed by atoms with E-state index in [-0.39, 0.29) is 35.3 Å². The Balaban J connectivity index is 1.29. The third kappa shape index (κ3) is 8.86. The van der Waals surface area contributed by atoms with Crippen molar-refractivity contribution in [3.05, 3.63) is 148 Å². The second kappa shape index (κ2) is 17.5. The van der Waals surface area contributed by atoms with E-state index in [9.17, 15) is 26.7 Å². The van der Waals surface area contributed by atoms with E-state index in [1.54, 1.807) is 23.7 Å². The summed E-state index contributed by atoms with van der Waals surface area (Å²) in [6.07, 6.45) is 2.52. The van der Waals surface area contributed by atoms with E-state index < -0.39 is 44.8 Å².